The maximum Gasteiger partial charge on any atom is 0.410 e. The molecule has 2 rings (SSSR count). The van der Waals surface area contributed by atoms with Gasteiger partial charge < -0.3 is 9.64 Å². The monoisotopic (exact) mass is 293 g/mol. The molecule has 2 heterocycles. The molecule has 1 saturated heterocycles. The van der Waals surface area contributed by atoms with E-state index < -0.39 is 5.60 Å². The lowest BCUT2D eigenvalue weighted by molar-refractivity contribution is 0.0289. The van der Waals surface area contributed by atoms with E-state index in [1.54, 1.807) is 22.0 Å². The minimum Gasteiger partial charge on any atom is -0.444 e. The quantitative estimate of drug-likeness (QED) is 0.802. The first-order valence-electron chi connectivity index (χ1n) is 7.34. The molecule has 6 nitrogen and oxygen atoms in total. The third kappa shape index (κ3) is 3.83. The highest BCUT2D eigenvalue weighted by Crippen LogP contribution is 2.22. The van der Waals surface area contributed by atoms with E-state index in [1.165, 1.54) is 0 Å². The third-order valence-electron chi connectivity index (χ3n) is 3.45. The molecule has 1 aromatic rings. The summed E-state index contributed by atoms with van der Waals surface area (Å²) in [6, 6.07) is 0. The number of rotatable bonds is 3. The summed E-state index contributed by atoms with van der Waals surface area (Å²) in [7, 11) is 0. The lowest BCUT2D eigenvalue weighted by atomic mass is 9.99. The van der Waals surface area contributed by atoms with Crippen LogP contribution in [0.2, 0.25) is 0 Å². The molecule has 1 atom stereocenters. The first-order valence-corrected chi connectivity index (χ1v) is 7.34. The van der Waals surface area contributed by atoms with Gasteiger partial charge in [0.15, 0.2) is 5.78 Å². The van der Waals surface area contributed by atoms with Crippen molar-refractivity contribution in [1.82, 2.24) is 14.7 Å². The van der Waals surface area contributed by atoms with E-state index in [0.29, 0.717) is 25.1 Å². The van der Waals surface area contributed by atoms with Crippen molar-refractivity contribution in [2.45, 2.75) is 46.3 Å². The largest absolute Gasteiger partial charge is 0.444 e. The molecule has 1 aliphatic heterocycles. The summed E-state index contributed by atoms with van der Waals surface area (Å²) in [6.07, 6.45) is 3.69. The van der Waals surface area contributed by atoms with Gasteiger partial charge >= 0.3 is 6.09 Å². The first kappa shape index (κ1) is 15.5. The van der Waals surface area contributed by atoms with Gasteiger partial charge in [-0.05, 0) is 34.1 Å². The van der Waals surface area contributed by atoms with E-state index in [1.807, 2.05) is 27.7 Å². The molecule has 0 spiro atoms. The molecule has 0 radical (unpaired) electrons. The highest BCUT2D eigenvalue weighted by Gasteiger charge is 2.34. The van der Waals surface area contributed by atoms with Crippen LogP contribution in [0, 0.1) is 5.92 Å². The van der Waals surface area contributed by atoms with E-state index in [9.17, 15) is 9.59 Å². The smallest absolute Gasteiger partial charge is 0.410 e. The summed E-state index contributed by atoms with van der Waals surface area (Å²) in [5, 5.41) is 4.12. The summed E-state index contributed by atoms with van der Waals surface area (Å²) in [6.45, 7) is 9.20. The fraction of sp³-hybridized carbons (Fsp3) is 0.667. The number of nitrogens with zero attached hydrogens (tertiary/aromatic N) is 3. The first-order chi connectivity index (χ1) is 9.80. The maximum atomic E-state index is 12.4. The Morgan fingerprint density at radius 2 is 2.14 bits per heavy atom. The molecule has 0 N–H and O–H groups in total. The number of hydrogen-bond donors (Lipinski definition) is 0. The summed E-state index contributed by atoms with van der Waals surface area (Å²) in [5.41, 5.74) is 0.106. The minimum absolute atomic E-state index is 0.0563. The summed E-state index contributed by atoms with van der Waals surface area (Å²) in [5.74, 6) is -0.104. The molecule has 1 fully saturated rings. The van der Waals surface area contributed by atoms with Gasteiger partial charge in [-0.2, -0.15) is 5.10 Å². The Balaban J connectivity index is 1.95. The van der Waals surface area contributed by atoms with Crippen LogP contribution in [0.5, 0.6) is 0 Å². The van der Waals surface area contributed by atoms with Gasteiger partial charge in [-0.1, -0.05) is 0 Å². The molecule has 21 heavy (non-hydrogen) atoms. The van der Waals surface area contributed by atoms with E-state index in [0.717, 1.165) is 6.54 Å². The molecule has 0 saturated carbocycles. The van der Waals surface area contributed by atoms with Crippen LogP contribution >= 0.6 is 0 Å². The number of likely N-dealkylation sites (tertiary alicyclic amines) is 1. The van der Waals surface area contributed by atoms with E-state index in [-0.39, 0.29) is 17.8 Å². The fourth-order valence-electron chi connectivity index (χ4n) is 2.37. The Morgan fingerprint density at radius 3 is 2.71 bits per heavy atom. The molecule has 1 unspecified atom stereocenters. The standard InChI is InChI=1S/C15H23N3O3/c1-5-18-10-12(8-16-18)13(19)11-6-7-17(9-11)14(20)21-15(2,3)4/h8,10-11H,5-7,9H2,1-4H3. The van der Waals surface area contributed by atoms with Gasteiger partial charge in [0.2, 0.25) is 0 Å². The lowest BCUT2D eigenvalue weighted by Crippen LogP contribution is -2.35. The Bertz CT molecular complexity index is 531. The van der Waals surface area contributed by atoms with Crippen molar-refractivity contribution in [3.8, 4) is 0 Å². The highest BCUT2D eigenvalue weighted by atomic mass is 16.6. The zero-order valence-electron chi connectivity index (χ0n) is 13.1. The van der Waals surface area contributed by atoms with Gasteiger partial charge in [-0.3, -0.25) is 9.48 Å². The second kappa shape index (κ2) is 5.87. The van der Waals surface area contributed by atoms with Crippen LogP contribution in [-0.2, 0) is 11.3 Å². The maximum absolute atomic E-state index is 12.4. The molecular formula is C15H23N3O3. The number of carbonyl (C=O) groups excluding carboxylic acids is 2. The molecule has 6 heteroatoms. The number of amides is 1. The summed E-state index contributed by atoms with van der Waals surface area (Å²) >= 11 is 0. The predicted octanol–water partition coefficient (Wildman–Crippen LogP) is 2.34. The van der Waals surface area contributed by atoms with Gasteiger partial charge in [0, 0.05) is 31.7 Å². The zero-order valence-corrected chi connectivity index (χ0v) is 13.1. The van der Waals surface area contributed by atoms with Gasteiger partial charge in [0.25, 0.3) is 0 Å². The second-order valence-electron chi connectivity index (χ2n) is 6.36. The van der Waals surface area contributed by atoms with Crippen LogP contribution in [-0.4, -0.2) is 45.2 Å². The van der Waals surface area contributed by atoms with E-state index in [2.05, 4.69) is 5.10 Å². The van der Waals surface area contributed by atoms with Gasteiger partial charge in [-0.25, -0.2) is 4.79 Å². The Hall–Kier alpha value is -1.85. The fourth-order valence-corrected chi connectivity index (χ4v) is 2.37. The molecule has 1 aliphatic rings. The number of hydrogen-bond acceptors (Lipinski definition) is 4. The predicted molar refractivity (Wildman–Crippen MR) is 78.1 cm³/mol. The molecule has 0 aromatic carbocycles. The lowest BCUT2D eigenvalue weighted by Gasteiger charge is -2.24. The van der Waals surface area contributed by atoms with Crippen LogP contribution in [0.3, 0.4) is 0 Å². The van der Waals surface area contributed by atoms with Crippen molar-refractivity contribution in [2.24, 2.45) is 5.92 Å². The summed E-state index contributed by atoms with van der Waals surface area (Å²) < 4.78 is 7.07. The number of Topliss-reactive ketones (excluding diaryl/α,β-unsaturated/α-hetero) is 1. The number of ketones is 1. The second-order valence-corrected chi connectivity index (χ2v) is 6.36. The average molecular weight is 293 g/mol. The van der Waals surface area contributed by atoms with Gasteiger partial charge in [-0.15, -0.1) is 0 Å². The molecular weight excluding hydrogens is 270 g/mol. The summed E-state index contributed by atoms with van der Waals surface area (Å²) in [4.78, 5) is 26.0. The molecule has 1 amide bonds. The van der Waals surface area contributed by atoms with Crippen LogP contribution in [0.1, 0.15) is 44.5 Å². The molecule has 0 bridgehead atoms. The van der Waals surface area contributed by atoms with Crippen LogP contribution in [0.25, 0.3) is 0 Å². The Labute approximate surface area is 125 Å². The third-order valence-corrected chi connectivity index (χ3v) is 3.45. The SMILES string of the molecule is CCn1cc(C(=O)C2CCN(C(=O)OC(C)(C)C)C2)cn1. The van der Waals surface area contributed by atoms with Crippen LogP contribution in [0.4, 0.5) is 4.79 Å². The van der Waals surface area contributed by atoms with Crippen molar-refractivity contribution < 1.29 is 14.3 Å². The molecule has 0 aliphatic carbocycles. The topological polar surface area (TPSA) is 64.4 Å². The highest BCUT2D eigenvalue weighted by molar-refractivity contribution is 5.98. The number of aromatic nitrogens is 2. The number of carbonyl (C=O) groups is 2. The Kier molecular flexibility index (Phi) is 4.34. The molecule has 1 aromatic heterocycles. The zero-order chi connectivity index (χ0) is 15.6. The Morgan fingerprint density at radius 1 is 1.43 bits per heavy atom. The average Bonchev–Trinajstić information content (AvgIpc) is 3.05. The minimum atomic E-state index is -0.512. The number of ether oxygens (including phenoxy) is 1. The van der Waals surface area contributed by atoms with Crippen molar-refractivity contribution in [2.75, 3.05) is 13.1 Å². The van der Waals surface area contributed by atoms with Crippen molar-refractivity contribution in [1.29, 1.82) is 0 Å². The van der Waals surface area contributed by atoms with Crippen LogP contribution < -0.4 is 0 Å². The van der Waals surface area contributed by atoms with Crippen molar-refractivity contribution in [3.63, 3.8) is 0 Å². The van der Waals surface area contributed by atoms with Gasteiger partial charge in [0.05, 0.1) is 11.8 Å². The normalized spacial score (nSPS) is 18.9. The number of aryl methyl sites for hydroxylation is 1. The van der Waals surface area contributed by atoms with Crippen LogP contribution in [0.15, 0.2) is 12.4 Å². The molecule has 116 valence electrons. The van der Waals surface area contributed by atoms with E-state index in [4.69, 9.17) is 4.74 Å². The van der Waals surface area contributed by atoms with E-state index >= 15 is 0 Å². The van der Waals surface area contributed by atoms with Crippen molar-refractivity contribution >= 4 is 11.9 Å². The van der Waals surface area contributed by atoms with Crippen molar-refractivity contribution in [3.05, 3.63) is 18.0 Å². The van der Waals surface area contributed by atoms with Gasteiger partial charge in [0.1, 0.15) is 5.60 Å².